The minimum atomic E-state index is -5.77. The van der Waals surface area contributed by atoms with Gasteiger partial charge in [-0.1, -0.05) is 89.0 Å². The second-order valence-electron chi connectivity index (χ2n) is 12.6. The Morgan fingerprint density at radius 1 is 0.700 bits per heavy atom. The summed E-state index contributed by atoms with van der Waals surface area (Å²) < 4.78 is 51.2. The fraction of sp³-hybridized carbons (Fsp3) is 0.833. The van der Waals surface area contributed by atoms with E-state index in [1.165, 1.54) is 85.5 Å². The molecule has 6 atom stereocenters. The normalized spacial score (nSPS) is 20.6. The molecule has 2 rings (SSSR count). The molecule has 0 radical (unpaired) electrons. The number of aromatic amines is 1. The lowest BCUT2D eigenvalue weighted by molar-refractivity contribution is -0.0762. The van der Waals surface area contributed by atoms with Gasteiger partial charge in [0.1, 0.15) is 12.2 Å². The van der Waals surface area contributed by atoms with E-state index < -0.39 is 65.4 Å². The highest BCUT2D eigenvalue weighted by molar-refractivity contribution is 7.66. The SMILES string of the molecule is CC#C[C@@]1(O)[C@H](O)[C@@H](COP(=O)(O)OP(=O)(O)OP(=O)(O)O)O[C@H]1n1ccc(=O)[nH]c1=O.CCN(CC)CC.CCN(CC)CC.CCN(CC)CC.CCN(CC)CC. The Morgan fingerprint density at radius 2 is 1.07 bits per heavy atom. The molecule has 24 heteroatoms. The zero-order valence-corrected chi connectivity index (χ0v) is 40.7. The summed E-state index contributed by atoms with van der Waals surface area (Å²) in [5.74, 6) is 4.52. The smallest absolute Gasteiger partial charge is 0.386 e. The third-order valence-electron chi connectivity index (χ3n) is 9.10. The van der Waals surface area contributed by atoms with Crippen LogP contribution in [-0.4, -0.2) is 162 Å². The third kappa shape index (κ3) is 26.1. The van der Waals surface area contributed by atoms with Crippen molar-refractivity contribution in [2.75, 3.05) is 85.1 Å². The molecule has 0 bridgehead atoms. The zero-order chi connectivity index (χ0) is 47.3. The van der Waals surface area contributed by atoms with Gasteiger partial charge in [-0.25, -0.2) is 18.5 Å². The van der Waals surface area contributed by atoms with E-state index in [4.69, 9.17) is 19.4 Å². The van der Waals surface area contributed by atoms with Crippen LogP contribution in [0.15, 0.2) is 21.9 Å². The van der Waals surface area contributed by atoms with Crippen LogP contribution >= 0.6 is 23.5 Å². The maximum atomic E-state index is 12.0. The summed E-state index contributed by atoms with van der Waals surface area (Å²) in [5.41, 5.74) is -4.32. The molecule has 1 fully saturated rings. The van der Waals surface area contributed by atoms with Gasteiger partial charge in [0.05, 0.1) is 6.61 Å². The largest absolute Gasteiger partial charge is 0.490 e. The van der Waals surface area contributed by atoms with E-state index >= 15 is 0 Å². The van der Waals surface area contributed by atoms with Gasteiger partial charge in [-0.2, -0.15) is 8.62 Å². The third-order valence-corrected chi connectivity index (χ3v) is 12.9. The standard InChI is InChI=1S/C12H17N2O15P3.4C6H15N/c1-2-4-12(18)9(16)7(27-10(12)14-5-3-8(15)13-11(14)17)6-26-31(22,23)29-32(24,25)28-30(19,20)21;4*1-4-7(5-2)6-3/h3,5,7,9-10,16,18H,6H2,1H3,(H,22,23)(H,24,25)(H,13,15,17)(H2,19,20,21);4*4-6H2,1-3H3/t7-,9-,10-,12-;;;;/m1..../s1. The van der Waals surface area contributed by atoms with Gasteiger partial charge in [0.2, 0.25) is 0 Å². The van der Waals surface area contributed by atoms with Crippen molar-refractivity contribution < 1.29 is 61.4 Å². The average molecular weight is 927 g/mol. The van der Waals surface area contributed by atoms with Crippen LogP contribution in [0.4, 0.5) is 0 Å². The highest BCUT2D eigenvalue weighted by Crippen LogP contribution is 2.66. The van der Waals surface area contributed by atoms with Gasteiger partial charge in [0, 0.05) is 12.3 Å². The number of ether oxygens (including phenoxy) is 1. The highest BCUT2D eigenvalue weighted by Gasteiger charge is 2.56. The molecular weight excluding hydrogens is 849 g/mol. The Balaban J connectivity index is -0.000000930. The van der Waals surface area contributed by atoms with Gasteiger partial charge in [-0.3, -0.25) is 18.9 Å². The fourth-order valence-electron chi connectivity index (χ4n) is 5.28. The van der Waals surface area contributed by atoms with Gasteiger partial charge in [-0.15, -0.1) is 5.92 Å². The van der Waals surface area contributed by atoms with Crippen molar-refractivity contribution in [3.8, 4) is 11.8 Å². The van der Waals surface area contributed by atoms with E-state index in [-0.39, 0.29) is 0 Å². The molecule has 60 heavy (non-hydrogen) atoms. The predicted molar refractivity (Wildman–Crippen MR) is 233 cm³/mol. The molecular formula is C36H77N6O15P3. The summed E-state index contributed by atoms with van der Waals surface area (Å²) in [6, 6.07) is 0.899. The minimum absolute atomic E-state index is 0.666. The first-order valence-corrected chi connectivity index (χ1v) is 24.9. The first-order valence-electron chi connectivity index (χ1n) is 20.4. The molecule has 1 aromatic rings. The van der Waals surface area contributed by atoms with E-state index in [0.29, 0.717) is 4.57 Å². The molecule has 1 saturated heterocycles. The van der Waals surface area contributed by atoms with Crippen LogP contribution in [0.3, 0.4) is 0 Å². The Labute approximate surface area is 357 Å². The van der Waals surface area contributed by atoms with E-state index in [2.05, 4.69) is 128 Å². The molecule has 1 aliphatic heterocycles. The first-order chi connectivity index (χ1) is 27.9. The predicted octanol–water partition coefficient (Wildman–Crippen LogP) is 3.29. The van der Waals surface area contributed by atoms with E-state index in [1.54, 1.807) is 0 Å². The van der Waals surface area contributed by atoms with Crippen molar-refractivity contribution in [1.29, 1.82) is 0 Å². The molecule has 0 aliphatic carbocycles. The Morgan fingerprint density at radius 3 is 1.35 bits per heavy atom. The molecule has 2 unspecified atom stereocenters. The number of nitrogens with zero attached hydrogens (tertiary/aromatic N) is 5. The van der Waals surface area contributed by atoms with Crippen LogP contribution < -0.4 is 11.2 Å². The fourth-order valence-corrected chi connectivity index (χ4v) is 8.31. The second kappa shape index (κ2) is 33.0. The summed E-state index contributed by atoms with van der Waals surface area (Å²) in [6.07, 6.45) is -4.52. The van der Waals surface area contributed by atoms with Gasteiger partial charge in [0.15, 0.2) is 11.8 Å². The van der Waals surface area contributed by atoms with Crippen LogP contribution in [0.2, 0.25) is 0 Å². The lowest BCUT2D eigenvalue weighted by Crippen LogP contribution is -2.48. The van der Waals surface area contributed by atoms with Crippen molar-refractivity contribution >= 4 is 23.5 Å². The molecule has 0 amide bonds. The van der Waals surface area contributed by atoms with Gasteiger partial charge < -0.3 is 54.1 Å². The quantitative estimate of drug-likeness (QED) is 0.0730. The van der Waals surface area contributed by atoms with E-state index in [1.807, 2.05) is 4.98 Å². The lowest BCUT2D eigenvalue weighted by Gasteiger charge is -2.26. The average Bonchev–Trinajstić information content (AvgIpc) is 3.41. The summed E-state index contributed by atoms with van der Waals surface area (Å²) in [5, 5.41) is 21.2. The molecule has 0 saturated carbocycles. The number of aromatic nitrogens is 2. The van der Waals surface area contributed by atoms with Crippen LogP contribution in [0.25, 0.3) is 0 Å². The molecule has 21 nitrogen and oxygen atoms in total. The Kier molecular flexibility index (Phi) is 34.4. The minimum Gasteiger partial charge on any atom is -0.386 e. The number of hydrogen-bond donors (Lipinski definition) is 7. The van der Waals surface area contributed by atoms with Crippen molar-refractivity contribution in [3.05, 3.63) is 33.1 Å². The van der Waals surface area contributed by atoms with Gasteiger partial charge in [-0.05, 0) is 85.5 Å². The molecule has 7 N–H and O–H groups in total. The topological polar surface area (TPSA) is 277 Å². The number of rotatable bonds is 20. The number of nitrogens with one attached hydrogen (secondary N) is 1. The second-order valence-corrected chi connectivity index (χ2v) is 17.0. The van der Waals surface area contributed by atoms with Crippen molar-refractivity contribution in [2.45, 2.75) is 114 Å². The van der Waals surface area contributed by atoms with E-state index in [9.17, 15) is 38.4 Å². The number of aliphatic hydroxyl groups excluding tert-OH is 1. The number of aliphatic hydroxyl groups is 2. The van der Waals surface area contributed by atoms with Crippen molar-refractivity contribution in [2.24, 2.45) is 0 Å². The van der Waals surface area contributed by atoms with Crippen LogP contribution in [0.5, 0.6) is 0 Å². The molecule has 2 heterocycles. The molecule has 0 spiro atoms. The molecule has 1 aromatic heterocycles. The monoisotopic (exact) mass is 926 g/mol. The van der Waals surface area contributed by atoms with Crippen LogP contribution in [0, 0.1) is 11.8 Å². The Hall–Kier alpha value is -1.63. The lowest BCUT2D eigenvalue weighted by atomic mass is 9.94. The zero-order valence-electron chi connectivity index (χ0n) is 38.0. The summed E-state index contributed by atoms with van der Waals surface area (Å²) in [4.78, 5) is 70.3. The first kappa shape index (κ1) is 62.7. The molecule has 0 aromatic carbocycles. The summed E-state index contributed by atoms with van der Waals surface area (Å²) in [7, 11) is -16.9. The Bertz CT molecular complexity index is 1520. The number of hydrogen-bond acceptors (Lipinski definition) is 15. The number of phosphoric acid groups is 3. The van der Waals surface area contributed by atoms with Crippen LogP contribution in [0.1, 0.15) is 96.2 Å². The summed E-state index contributed by atoms with van der Waals surface area (Å²) in [6.45, 7) is 40.7. The number of H-pyrrole nitrogens is 1. The van der Waals surface area contributed by atoms with Crippen molar-refractivity contribution in [1.82, 2.24) is 29.2 Å². The number of phosphoric ester groups is 1. The molecule has 356 valence electrons. The van der Waals surface area contributed by atoms with Crippen LogP contribution in [-0.2, 0) is 31.6 Å². The maximum Gasteiger partial charge on any atom is 0.490 e. The maximum absolute atomic E-state index is 12.0. The van der Waals surface area contributed by atoms with Gasteiger partial charge >= 0.3 is 29.2 Å². The van der Waals surface area contributed by atoms with E-state index in [0.717, 1.165) is 12.3 Å². The summed E-state index contributed by atoms with van der Waals surface area (Å²) >= 11 is 0. The van der Waals surface area contributed by atoms with Crippen molar-refractivity contribution in [3.63, 3.8) is 0 Å². The highest BCUT2D eigenvalue weighted by atomic mass is 31.3. The molecule has 1 aliphatic rings. The van der Waals surface area contributed by atoms with Gasteiger partial charge in [0.25, 0.3) is 5.56 Å².